The first-order valence-corrected chi connectivity index (χ1v) is 9.14. The number of ether oxygens (including phenoxy) is 1. The molecule has 0 saturated heterocycles. The molecule has 0 aliphatic heterocycles. The molecule has 1 amide bonds. The molecule has 27 heavy (non-hydrogen) atoms. The van der Waals surface area contributed by atoms with Crippen molar-refractivity contribution in [1.82, 2.24) is 4.98 Å². The Morgan fingerprint density at radius 2 is 1.74 bits per heavy atom. The fourth-order valence-corrected chi connectivity index (χ4v) is 3.47. The normalized spacial score (nSPS) is 15.0. The Bertz CT molecular complexity index is 960. The van der Waals surface area contributed by atoms with Crippen molar-refractivity contribution in [2.45, 2.75) is 38.2 Å². The molecule has 0 atom stereocenters. The molecule has 1 fully saturated rings. The second kappa shape index (κ2) is 7.39. The Morgan fingerprint density at radius 3 is 2.48 bits per heavy atom. The first kappa shape index (κ1) is 17.5. The summed E-state index contributed by atoms with van der Waals surface area (Å²) in [5.74, 6) is -1.47. The van der Waals surface area contributed by atoms with Gasteiger partial charge in [0.2, 0.25) is 0 Å². The van der Waals surface area contributed by atoms with Crippen LogP contribution in [-0.2, 0) is 0 Å². The van der Waals surface area contributed by atoms with Crippen molar-refractivity contribution in [2.24, 2.45) is 0 Å². The number of halogens is 2. The topological polar surface area (TPSA) is 54.1 Å². The third-order valence-electron chi connectivity index (χ3n) is 4.94. The predicted octanol–water partition coefficient (Wildman–Crippen LogP) is 5.41. The first-order valence-electron chi connectivity index (χ1n) is 9.14. The van der Waals surface area contributed by atoms with E-state index in [-0.39, 0.29) is 12.0 Å². The highest BCUT2D eigenvalue weighted by atomic mass is 19.2. The van der Waals surface area contributed by atoms with Gasteiger partial charge in [-0.15, -0.1) is 0 Å². The highest BCUT2D eigenvalue weighted by molar-refractivity contribution is 6.09. The summed E-state index contributed by atoms with van der Waals surface area (Å²) in [5, 5.41) is 3.14. The van der Waals surface area contributed by atoms with Crippen LogP contribution in [0, 0.1) is 11.6 Å². The number of fused-ring (bicyclic) bond motifs is 1. The number of H-pyrrole nitrogens is 1. The molecule has 4 rings (SSSR count). The van der Waals surface area contributed by atoms with Gasteiger partial charge in [-0.25, -0.2) is 8.78 Å². The van der Waals surface area contributed by atoms with Crippen LogP contribution in [0.4, 0.5) is 14.5 Å². The van der Waals surface area contributed by atoms with Crippen LogP contribution in [0.15, 0.2) is 42.6 Å². The molecule has 1 aliphatic rings. The van der Waals surface area contributed by atoms with Crippen LogP contribution in [0.3, 0.4) is 0 Å². The molecular formula is C21H20F2N2O2. The average molecular weight is 370 g/mol. The van der Waals surface area contributed by atoms with Crippen LogP contribution < -0.4 is 10.1 Å². The number of aromatic amines is 1. The predicted molar refractivity (Wildman–Crippen MR) is 100 cm³/mol. The van der Waals surface area contributed by atoms with E-state index in [1.807, 2.05) is 0 Å². The van der Waals surface area contributed by atoms with E-state index in [1.54, 1.807) is 24.3 Å². The smallest absolute Gasteiger partial charge is 0.255 e. The lowest BCUT2D eigenvalue weighted by Gasteiger charge is -2.23. The van der Waals surface area contributed by atoms with Crippen molar-refractivity contribution >= 4 is 22.5 Å². The maximum atomic E-state index is 13.5. The third kappa shape index (κ3) is 3.79. The summed E-state index contributed by atoms with van der Waals surface area (Å²) in [7, 11) is 0. The maximum Gasteiger partial charge on any atom is 0.255 e. The van der Waals surface area contributed by atoms with Crippen LogP contribution in [0.5, 0.6) is 5.75 Å². The molecule has 1 aromatic heterocycles. The number of rotatable bonds is 4. The summed E-state index contributed by atoms with van der Waals surface area (Å²) in [6, 6.07) is 9.10. The minimum absolute atomic E-state index is 0.250. The molecule has 1 heterocycles. The molecule has 140 valence electrons. The lowest BCUT2D eigenvalue weighted by Crippen LogP contribution is -2.19. The van der Waals surface area contributed by atoms with Crippen molar-refractivity contribution in [1.29, 1.82) is 0 Å². The van der Waals surface area contributed by atoms with E-state index in [9.17, 15) is 13.6 Å². The van der Waals surface area contributed by atoms with Gasteiger partial charge in [0.25, 0.3) is 5.91 Å². The molecule has 1 saturated carbocycles. The Morgan fingerprint density at radius 1 is 1.04 bits per heavy atom. The standard InChI is InChI=1S/C21H20F2N2O2/c22-17-10-16-19(11-18(17)23)24-12-20(16)25-21(26)13-6-8-15(9-7-13)27-14-4-2-1-3-5-14/h6-12,14,24H,1-5H2,(H,25,26). The summed E-state index contributed by atoms with van der Waals surface area (Å²) < 4.78 is 32.7. The summed E-state index contributed by atoms with van der Waals surface area (Å²) in [5.41, 5.74) is 1.28. The lowest BCUT2D eigenvalue weighted by atomic mass is 9.98. The van der Waals surface area contributed by atoms with E-state index < -0.39 is 11.6 Å². The minimum atomic E-state index is -0.957. The summed E-state index contributed by atoms with van der Waals surface area (Å²) in [6.07, 6.45) is 7.56. The molecule has 2 N–H and O–H groups in total. The van der Waals surface area contributed by atoms with Crippen molar-refractivity contribution in [3.05, 3.63) is 59.8 Å². The Kier molecular flexibility index (Phi) is 4.79. The van der Waals surface area contributed by atoms with Crippen LogP contribution in [0.2, 0.25) is 0 Å². The number of anilines is 1. The number of amides is 1. The molecule has 4 nitrogen and oxygen atoms in total. The van der Waals surface area contributed by atoms with Gasteiger partial charge in [-0.2, -0.15) is 0 Å². The minimum Gasteiger partial charge on any atom is -0.490 e. The highest BCUT2D eigenvalue weighted by Gasteiger charge is 2.16. The number of benzene rings is 2. The van der Waals surface area contributed by atoms with Crippen LogP contribution in [0.25, 0.3) is 10.9 Å². The van der Waals surface area contributed by atoms with Gasteiger partial charge in [0, 0.05) is 23.2 Å². The van der Waals surface area contributed by atoms with Gasteiger partial charge >= 0.3 is 0 Å². The lowest BCUT2D eigenvalue weighted by molar-refractivity contribution is 0.102. The van der Waals surface area contributed by atoms with Crippen molar-refractivity contribution < 1.29 is 18.3 Å². The molecule has 3 aromatic rings. The number of carbonyl (C=O) groups is 1. The summed E-state index contributed by atoms with van der Waals surface area (Å²) in [4.78, 5) is 15.3. The summed E-state index contributed by atoms with van der Waals surface area (Å²) in [6.45, 7) is 0. The van der Waals surface area contributed by atoms with Crippen molar-refractivity contribution in [3.63, 3.8) is 0 Å². The van der Waals surface area contributed by atoms with Crippen LogP contribution >= 0.6 is 0 Å². The zero-order valence-electron chi connectivity index (χ0n) is 14.7. The molecule has 1 aliphatic carbocycles. The first-order chi connectivity index (χ1) is 13.1. The molecule has 0 radical (unpaired) electrons. The van der Waals surface area contributed by atoms with Crippen molar-refractivity contribution in [2.75, 3.05) is 5.32 Å². The molecule has 2 aromatic carbocycles. The molecular weight excluding hydrogens is 350 g/mol. The maximum absolute atomic E-state index is 13.5. The molecule has 0 bridgehead atoms. The van der Waals surface area contributed by atoms with Gasteiger partial charge in [-0.05, 0) is 56.0 Å². The number of nitrogens with one attached hydrogen (secondary N) is 2. The molecule has 6 heteroatoms. The van der Waals surface area contributed by atoms with Gasteiger partial charge in [0.15, 0.2) is 11.6 Å². The molecule has 0 spiro atoms. The van der Waals surface area contributed by atoms with Crippen LogP contribution in [0.1, 0.15) is 42.5 Å². The van der Waals surface area contributed by atoms with E-state index in [0.717, 1.165) is 30.7 Å². The fourth-order valence-electron chi connectivity index (χ4n) is 3.47. The Hall–Kier alpha value is -2.89. The van der Waals surface area contributed by atoms with E-state index in [0.29, 0.717) is 22.2 Å². The van der Waals surface area contributed by atoms with Gasteiger partial charge in [0.05, 0.1) is 17.3 Å². The van der Waals surface area contributed by atoms with Gasteiger partial charge in [-0.1, -0.05) is 6.42 Å². The number of carbonyl (C=O) groups excluding carboxylic acids is 1. The monoisotopic (exact) mass is 370 g/mol. The van der Waals surface area contributed by atoms with E-state index in [4.69, 9.17) is 4.74 Å². The number of hydrogen-bond acceptors (Lipinski definition) is 2. The van der Waals surface area contributed by atoms with Gasteiger partial charge in [0.1, 0.15) is 5.75 Å². The highest BCUT2D eigenvalue weighted by Crippen LogP contribution is 2.27. The quantitative estimate of drug-likeness (QED) is 0.645. The summed E-state index contributed by atoms with van der Waals surface area (Å²) >= 11 is 0. The number of hydrogen-bond donors (Lipinski definition) is 2. The van der Waals surface area contributed by atoms with Crippen LogP contribution in [-0.4, -0.2) is 17.0 Å². The van der Waals surface area contributed by atoms with E-state index in [2.05, 4.69) is 10.3 Å². The fraction of sp³-hybridized carbons (Fsp3) is 0.286. The average Bonchev–Trinajstić information content (AvgIpc) is 3.05. The number of aromatic nitrogens is 1. The zero-order chi connectivity index (χ0) is 18.8. The van der Waals surface area contributed by atoms with Gasteiger partial charge in [-0.3, -0.25) is 4.79 Å². The Balaban J connectivity index is 1.46. The second-order valence-corrected chi connectivity index (χ2v) is 6.87. The van der Waals surface area contributed by atoms with E-state index in [1.165, 1.54) is 25.5 Å². The van der Waals surface area contributed by atoms with Crippen molar-refractivity contribution in [3.8, 4) is 5.75 Å². The Labute approximate surface area is 155 Å². The van der Waals surface area contributed by atoms with E-state index >= 15 is 0 Å². The second-order valence-electron chi connectivity index (χ2n) is 6.87. The largest absolute Gasteiger partial charge is 0.490 e. The van der Waals surface area contributed by atoms with Gasteiger partial charge < -0.3 is 15.0 Å². The zero-order valence-corrected chi connectivity index (χ0v) is 14.7. The SMILES string of the molecule is O=C(Nc1c[nH]c2cc(F)c(F)cc12)c1ccc(OC2CCCCC2)cc1. The third-order valence-corrected chi connectivity index (χ3v) is 4.94. The molecule has 0 unspecified atom stereocenters.